The Morgan fingerprint density at radius 1 is 1.07 bits per heavy atom. The lowest BCUT2D eigenvalue weighted by molar-refractivity contribution is -0.122. The third-order valence-electron chi connectivity index (χ3n) is 8.61. The fourth-order valence-corrected chi connectivity index (χ4v) is 6.06. The molecule has 7 N–H and O–H groups in total. The van der Waals surface area contributed by atoms with Crippen molar-refractivity contribution in [3.63, 3.8) is 0 Å². The second-order valence-electron chi connectivity index (χ2n) is 11.4. The van der Waals surface area contributed by atoms with Crippen LogP contribution in [0.2, 0.25) is 0 Å². The maximum absolute atomic E-state index is 12.5. The molecule has 6 atom stereocenters. The average molecular weight is 573 g/mol. The van der Waals surface area contributed by atoms with Crippen LogP contribution in [-0.2, 0) is 4.79 Å². The molecule has 4 heterocycles. The van der Waals surface area contributed by atoms with E-state index >= 15 is 0 Å². The fraction of sp³-hybridized carbons (Fsp3) is 0.741. The molecular weight excluding hydrogens is 528 g/mol. The Labute approximate surface area is 240 Å². The van der Waals surface area contributed by atoms with Crippen molar-refractivity contribution in [2.75, 3.05) is 36.4 Å². The molecular formula is C27H44N10O4. The summed E-state index contributed by atoms with van der Waals surface area (Å²) in [6.07, 6.45) is 3.57. The SMILES string of the molecule is CCC(=O)N[C@H]1C[C@@H](n2cnc3c(NC(CC)CC)nc(N4CC[C@@H](NC(=O)N[C@@H]5CCNC5)C4)nc32)[C@H](O)[C@@H]1O. The van der Waals surface area contributed by atoms with Gasteiger partial charge in [0.2, 0.25) is 11.9 Å². The van der Waals surface area contributed by atoms with Crippen molar-refractivity contribution >= 4 is 34.9 Å². The van der Waals surface area contributed by atoms with Gasteiger partial charge in [0.1, 0.15) is 12.2 Å². The molecule has 3 amide bonds. The van der Waals surface area contributed by atoms with Crippen LogP contribution in [0.25, 0.3) is 11.2 Å². The number of aromatic nitrogens is 4. The highest BCUT2D eigenvalue weighted by molar-refractivity contribution is 5.85. The second kappa shape index (κ2) is 12.7. The predicted molar refractivity (Wildman–Crippen MR) is 155 cm³/mol. The zero-order chi connectivity index (χ0) is 29.1. The van der Waals surface area contributed by atoms with E-state index in [4.69, 9.17) is 9.97 Å². The van der Waals surface area contributed by atoms with E-state index < -0.39 is 24.3 Å². The van der Waals surface area contributed by atoms with Crippen LogP contribution in [0.4, 0.5) is 16.6 Å². The molecule has 2 aromatic heterocycles. The molecule has 0 aromatic carbocycles. The van der Waals surface area contributed by atoms with Gasteiger partial charge < -0.3 is 46.3 Å². The Balaban J connectivity index is 1.39. The number of nitrogens with one attached hydrogen (secondary N) is 5. The van der Waals surface area contributed by atoms with E-state index in [-0.39, 0.29) is 30.1 Å². The van der Waals surface area contributed by atoms with E-state index in [0.29, 0.717) is 48.9 Å². The van der Waals surface area contributed by atoms with Crippen LogP contribution >= 0.6 is 0 Å². The monoisotopic (exact) mass is 572 g/mol. The van der Waals surface area contributed by atoms with Crippen LogP contribution in [0.1, 0.15) is 65.3 Å². The van der Waals surface area contributed by atoms with Gasteiger partial charge in [-0.3, -0.25) is 4.79 Å². The van der Waals surface area contributed by atoms with Crippen molar-refractivity contribution in [1.29, 1.82) is 0 Å². The van der Waals surface area contributed by atoms with Gasteiger partial charge in [0.05, 0.1) is 18.4 Å². The van der Waals surface area contributed by atoms with Gasteiger partial charge in [0, 0.05) is 44.2 Å². The number of imidazole rings is 1. The van der Waals surface area contributed by atoms with Crippen molar-refractivity contribution in [3.05, 3.63) is 6.33 Å². The zero-order valence-electron chi connectivity index (χ0n) is 24.1. The smallest absolute Gasteiger partial charge is 0.315 e. The highest BCUT2D eigenvalue weighted by atomic mass is 16.3. The molecule has 2 aliphatic heterocycles. The lowest BCUT2D eigenvalue weighted by atomic mass is 10.2. The van der Waals surface area contributed by atoms with Gasteiger partial charge in [0.25, 0.3) is 0 Å². The molecule has 0 bridgehead atoms. The number of carbonyl (C=O) groups excluding carboxylic acids is 2. The number of nitrogens with zero attached hydrogens (tertiary/aromatic N) is 5. The van der Waals surface area contributed by atoms with Gasteiger partial charge in [-0.1, -0.05) is 20.8 Å². The zero-order valence-corrected chi connectivity index (χ0v) is 24.1. The topological polar surface area (TPSA) is 182 Å². The van der Waals surface area contributed by atoms with Crippen LogP contribution < -0.4 is 31.5 Å². The van der Waals surface area contributed by atoms with Crippen LogP contribution in [0.3, 0.4) is 0 Å². The van der Waals surface area contributed by atoms with E-state index in [1.54, 1.807) is 17.8 Å². The van der Waals surface area contributed by atoms with Crippen LogP contribution in [0, 0.1) is 0 Å². The summed E-state index contributed by atoms with van der Waals surface area (Å²) < 4.78 is 1.79. The molecule has 0 spiro atoms. The largest absolute Gasteiger partial charge is 0.388 e. The van der Waals surface area contributed by atoms with Crippen LogP contribution in [0.5, 0.6) is 0 Å². The summed E-state index contributed by atoms with van der Waals surface area (Å²) in [4.78, 5) is 41.0. The Hall–Kier alpha value is -3.23. The van der Waals surface area contributed by atoms with Gasteiger partial charge in [-0.15, -0.1) is 0 Å². The van der Waals surface area contributed by atoms with Crippen molar-refractivity contribution < 1.29 is 19.8 Å². The first-order valence-corrected chi connectivity index (χ1v) is 15.0. The van der Waals surface area contributed by atoms with Crippen molar-refractivity contribution in [2.24, 2.45) is 0 Å². The van der Waals surface area contributed by atoms with E-state index in [2.05, 4.69) is 50.3 Å². The number of anilines is 2. The molecule has 226 valence electrons. The molecule has 3 aliphatic rings. The molecule has 2 saturated heterocycles. The van der Waals surface area contributed by atoms with Gasteiger partial charge in [-0.05, 0) is 38.6 Å². The third kappa shape index (κ3) is 6.33. The first kappa shape index (κ1) is 29.3. The minimum absolute atomic E-state index is 0.0428. The normalized spacial score (nSPS) is 28.0. The molecule has 5 rings (SSSR count). The number of carbonyl (C=O) groups is 2. The van der Waals surface area contributed by atoms with Crippen molar-refractivity contribution in [2.45, 2.75) is 102 Å². The second-order valence-corrected chi connectivity index (χ2v) is 11.4. The lowest BCUT2D eigenvalue weighted by Crippen LogP contribution is -2.47. The number of urea groups is 1. The van der Waals surface area contributed by atoms with Gasteiger partial charge >= 0.3 is 6.03 Å². The summed E-state index contributed by atoms with van der Waals surface area (Å²) in [5.41, 5.74) is 1.13. The maximum Gasteiger partial charge on any atom is 0.315 e. The lowest BCUT2D eigenvalue weighted by Gasteiger charge is -2.22. The van der Waals surface area contributed by atoms with Crippen molar-refractivity contribution in [1.82, 2.24) is 40.8 Å². The quantitative estimate of drug-likeness (QED) is 0.208. The predicted octanol–water partition coefficient (Wildman–Crippen LogP) is 0.228. The number of fused-ring (bicyclic) bond motifs is 1. The van der Waals surface area contributed by atoms with E-state index in [1.165, 1.54) is 0 Å². The van der Waals surface area contributed by atoms with Gasteiger partial charge in [-0.2, -0.15) is 9.97 Å². The molecule has 0 unspecified atom stereocenters. The molecule has 1 saturated carbocycles. The standard InChI is InChI=1S/C27H44N10O4/c1-4-15(5-2)30-24-21-25(37(14-29-21)19-11-18(22(39)23(19)40)33-20(38)6-3)35-26(34-24)36-10-8-17(13-36)32-27(41)31-16-7-9-28-12-16/h14-19,22-23,28,39-40H,4-13H2,1-3H3,(H,33,38)(H,30,34,35)(H2,31,32,41)/t16-,17-,18+,19-,22-,23+/m1/s1. The van der Waals surface area contributed by atoms with E-state index in [1.807, 2.05) is 0 Å². The summed E-state index contributed by atoms with van der Waals surface area (Å²) in [6, 6.07) is -0.951. The van der Waals surface area contributed by atoms with Crippen LogP contribution in [0.15, 0.2) is 6.33 Å². The minimum atomic E-state index is -1.10. The third-order valence-corrected chi connectivity index (χ3v) is 8.61. The van der Waals surface area contributed by atoms with Gasteiger partial charge in [0.15, 0.2) is 17.0 Å². The fourth-order valence-electron chi connectivity index (χ4n) is 6.06. The Morgan fingerprint density at radius 2 is 1.85 bits per heavy atom. The molecule has 14 heteroatoms. The number of hydrogen-bond donors (Lipinski definition) is 7. The molecule has 2 aromatic rings. The number of aliphatic hydroxyl groups is 2. The highest BCUT2D eigenvalue weighted by Crippen LogP contribution is 2.35. The van der Waals surface area contributed by atoms with Gasteiger partial charge in [-0.25, -0.2) is 9.78 Å². The van der Waals surface area contributed by atoms with E-state index in [9.17, 15) is 19.8 Å². The summed E-state index contributed by atoms with van der Waals surface area (Å²) >= 11 is 0. The molecule has 3 fully saturated rings. The Morgan fingerprint density at radius 3 is 2.56 bits per heavy atom. The number of rotatable bonds is 10. The molecule has 0 radical (unpaired) electrons. The molecule has 14 nitrogen and oxygen atoms in total. The summed E-state index contributed by atoms with van der Waals surface area (Å²) in [7, 11) is 0. The Kier molecular flexibility index (Phi) is 9.09. The first-order valence-electron chi connectivity index (χ1n) is 15.0. The highest BCUT2D eigenvalue weighted by Gasteiger charge is 2.44. The first-order chi connectivity index (χ1) is 19.8. The summed E-state index contributed by atoms with van der Waals surface area (Å²) in [6.45, 7) is 8.92. The summed E-state index contributed by atoms with van der Waals surface area (Å²) in [5.74, 6) is 0.954. The molecule has 41 heavy (non-hydrogen) atoms. The van der Waals surface area contributed by atoms with E-state index in [0.717, 1.165) is 38.8 Å². The average Bonchev–Trinajstić information content (AvgIpc) is 3.77. The minimum Gasteiger partial charge on any atom is -0.388 e. The van der Waals surface area contributed by atoms with Crippen molar-refractivity contribution in [3.8, 4) is 0 Å². The number of amides is 3. The summed E-state index contributed by atoms with van der Waals surface area (Å²) in [5, 5.41) is 37.4. The molecule has 1 aliphatic carbocycles. The maximum atomic E-state index is 12.5. The van der Waals surface area contributed by atoms with Crippen LogP contribution in [-0.4, -0.2) is 104 Å². The Bertz CT molecular complexity index is 1210. The number of hydrogen-bond acceptors (Lipinski definition) is 10. The number of aliphatic hydroxyl groups excluding tert-OH is 2.